The Labute approximate surface area is 162 Å². The number of pyridine rings is 1. The molecule has 0 aliphatic rings. The molecule has 1 heterocycles. The molecule has 0 N–H and O–H groups in total. The Morgan fingerprint density at radius 3 is 2.59 bits per heavy atom. The number of nitrogens with zero attached hydrogens (tertiary/aromatic N) is 1. The third-order valence-corrected chi connectivity index (χ3v) is 4.67. The van der Waals surface area contributed by atoms with Gasteiger partial charge in [0.2, 0.25) is 0 Å². The molecule has 0 bridgehead atoms. The Kier molecular flexibility index (Phi) is 5.81. The first-order valence-electron chi connectivity index (χ1n) is 8.46. The van der Waals surface area contributed by atoms with Crippen LogP contribution in [0.3, 0.4) is 0 Å². The largest absolute Gasteiger partial charge is 0.493 e. The van der Waals surface area contributed by atoms with Crippen molar-refractivity contribution in [3.8, 4) is 11.5 Å². The molecule has 3 aromatic rings. The zero-order valence-corrected chi connectivity index (χ0v) is 16.2. The van der Waals surface area contributed by atoms with E-state index in [4.69, 9.17) is 25.8 Å². The summed E-state index contributed by atoms with van der Waals surface area (Å²) in [6, 6.07) is 13.0. The number of aromatic nitrogens is 1. The molecule has 3 rings (SSSR count). The van der Waals surface area contributed by atoms with E-state index in [2.05, 4.69) is 4.98 Å². The number of ether oxygens (including phenoxy) is 3. The summed E-state index contributed by atoms with van der Waals surface area (Å²) in [6.45, 7) is 3.85. The summed E-state index contributed by atoms with van der Waals surface area (Å²) in [6.07, 6.45) is 0. The summed E-state index contributed by atoms with van der Waals surface area (Å²) in [5.41, 5.74) is 3.74. The summed E-state index contributed by atoms with van der Waals surface area (Å²) in [5, 5.41) is 1.29. The van der Waals surface area contributed by atoms with Gasteiger partial charge in [0.25, 0.3) is 0 Å². The minimum atomic E-state index is -0.503. The maximum atomic E-state index is 12.0. The highest BCUT2D eigenvalue weighted by Gasteiger charge is 2.12. The van der Waals surface area contributed by atoms with E-state index in [1.54, 1.807) is 25.3 Å². The summed E-state index contributed by atoms with van der Waals surface area (Å²) in [7, 11) is 1.54. The number of para-hydroxylation sites is 2. The van der Waals surface area contributed by atoms with E-state index in [-0.39, 0.29) is 13.2 Å². The van der Waals surface area contributed by atoms with Gasteiger partial charge in [-0.25, -0.2) is 9.78 Å². The number of methoxy groups -OCH3 is 1. The van der Waals surface area contributed by atoms with Gasteiger partial charge < -0.3 is 14.2 Å². The Hall–Kier alpha value is -2.79. The fourth-order valence-corrected chi connectivity index (χ4v) is 2.87. The number of hydrogen-bond acceptors (Lipinski definition) is 5. The van der Waals surface area contributed by atoms with E-state index in [1.165, 1.54) is 0 Å². The van der Waals surface area contributed by atoms with Gasteiger partial charge in [0.05, 0.1) is 12.6 Å². The zero-order chi connectivity index (χ0) is 19.4. The summed E-state index contributed by atoms with van der Waals surface area (Å²) in [4.78, 5) is 16.5. The molecule has 1 aromatic heterocycles. The number of rotatable bonds is 6. The molecule has 27 heavy (non-hydrogen) atoms. The summed E-state index contributed by atoms with van der Waals surface area (Å²) >= 11 is 6.27. The number of aryl methyl sites for hydroxylation is 2. The number of benzene rings is 2. The normalized spacial score (nSPS) is 10.7. The molecular weight excluding hydrogens is 366 g/mol. The van der Waals surface area contributed by atoms with Crippen molar-refractivity contribution < 1.29 is 19.0 Å². The van der Waals surface area contributed by atoms with Crippen molar-refractivity contribution in [1.82, 2.24) is 4.98 Å². The van der Waals surface area contributed by atoms with Crippen LogP contribution in [0.2, 0.25) is 5.15 Å². The van der Waals surface area contributed by atoms with E-state index >= 15 is 0 Å². The third-order valence-electron chi connectivity index (χ3n) is 4.34. The second kappa shape index (κ2) is 8.27. The molecule has 0 fully saturated rings. The second-order valence-electron chi connectivity index (χ2n) is 6.12. The lowest BCUT2D eigenvalue weighted by molar-refractivity contribution is -0.147. The highest BCUT2D eigenvalue weighted by Crippen LogP contribution is 2.27. The average molecular weight is 386 g/mol. The number of hydrogen-bond donors (Lipinski definition) is 0. The third kappa shape index (κ3) is 4.31. The van der Waals surface area contributed by atoms with E-state index < -0.39 is 5.97 Å². The first-order valence-corrected chi connectivity index (χ1v) is 8.84. The van der Waals surface area contributed by atoms with E-state index in [0.717, 1.165) is 22.0 Å². The molecule has 2 aromatic carbocycles. The van der Waals surface area contributed by atoms with Gasteiger partial charge in [0, 0.05) is 10.9 Å². The molecule has 0 saturated heterocycles. The standard InChI is InChI=1S/C21H20ClNO4/c1-13-8-9-15-10-16(21(22)23-20(15)14(13)2)11-27-19(24)12-26-18-7-5-4-6-17(18)25-3/h4-10H,11-12H2,1-3H3. The SMILES string of the molecule is COc1ccccc1OCC(=O)OCc1cc2ccc(C)c(C)c2nc1Cl. The van der Waals surface area contributed by atoms with Crippen LogP contribution in [0.15, 0.2) is 42.5 Å². The van der Waals surface area contributed by atoms with E-state index in [0.29, 0.717) is 22.2 Å². The molecule has 0 spiro atoms. The molecular formula is C21H20ClNO4. The lowest BCUT2D eigenvalue weighted by Crippen LogP contribution is -2.15. The highest BCUT2D eigenvalue weighted by molar-refractivity contribution is 6.30. The maximum Gasteiger partial charge on any atom is 0.344 e. The van der Waals surface area contributed by atoms with Gasteiger partial charge in [-0.05, 0) is 43.2 Å². The minimum absolute atomic E-state index is 0.0306. The van der Waals surface area contributed by atoms with Crippen molar-refractivity contribution >= 4 is 28.5 Å². The smallest absolute Gasteiger partial charge is 0.344 e. The van der Waals surface area contributed by atoms with Crippen molar-refractivity contribution in [3.05, 3.63) is 64.3 Å². The lowest BCUT2D eigenvalue weighted by atomic mass is 10.0. The molecule has 0 atom stereocenters. The molecule has 0 saturated carbocycles. The van der Waals surface area contributed by atoms with Crippen molar-refractivity contribution in [2.75, 3.05) is 13.7 Å². The fraction of sp³-hybridized carbons (Fsp3) is 0.238. The maximum absolute atomic E-state index is 12.0. The number of esters is 1. The Balaban J connectivity index is 1.65. The number of fused-ring (bicyclic) bond motifs is 1. The van der Waals surface area contributed by atoms with Crippen molar-refractivity contribution in [3.63, 3.8) is 0 Å². The first kappa shape index (κ1) is 19.0. The van der Waals surface area contributed by atoms with Gasteiger partial charge in [0.15, 0.2) is 18.1 Å². The van der Waals surface area contributed by atoms with E-state index in [1.807, 2.05) is 38.1 Å². The quantitative estimate of drug-likeness (QED) is 0.457. The molecule has 0 aliphatic heterocycles. The van der Waals surface area contributed by atoms with Crippen LogP contribution in [0.5, 0.6) is 11.5 Å². The molecule has 6 heteroatoms. The molecule has 0 aliphatic carbocycles. The fourth-order valence-electron chi connectivity index (χ4n) is 2.68. The molecule has 140 valence electrons. The number of halogens is 1. The van der Waals surface area contributed by atoms with Gasteiger partial charge in [0.1, 0.15) is 11.8 Å². The Morgan fingerprint density at radius 1 is 1.11 bits per heavy atom. The van der Waals surface area contributed by atoms with Crippen LogP contribution in [-0.4, -0.2) is 24.7 Å². The van der Waals surface area contributed by atoms with Crippen molar-refractivity contribution in [2.24, 2.45) is 0 Å². The average Bonchev–Trinajstić information content (AvgIpc) is 2.68. The van der Waals surface area contributed by atoms with Crippen LogP contribution in [0.1, 0.15) is 16.7 Å². The molecule has 5 nitrogen and oxygen atoms in total. The van der Waals surface area contributed by atoms with Crippen molar-refractivity contribution in [2.45, 2.75) is 20.5 Å². The van der Waals surface area contributed by atoms with Crippen LogP contribution in [-0.2, 0) is 16.1 Å². The molecule has 0 amide bonds. The monoisotopic (exact) mass is 385 g/mol. The van der Waals surface area contributed by atoms with Crippen LogP contribution in [0, 0.1) is 13.8 Å². The number of carbonyl (C=O) groups excluding carboxylic acids is 1. The van der Waals surface area contributed by atoms with Gasteiger partial charge in [-0.2, -0.15) is 0 Å². The van der Waals surface area contributed by atoms with Gasteiger partial charge in [-0.15, -0.1) is 0 Å². The molecule has 0 radical (unpaired) electrons. The van der Waals surface area contributed by atoms with Crippen LogP contribution in [0.25, 0.3) is 10.9 Å². The lowest BCUT2D eigenvalue weighted by Gasteiger charge is -2.11. The van der Waals surface area contributed by atoms with Crippen LogP contribution in [0.4, 0.5) is 0 Å². The Morgan fingerprint density at radius 2 is 1.85 bits per heavy atom. The predicted molar refractivity (Wildman–Crippen MR) is 105 cm³/mol. The first-order chi connectivity index (χ1) is 13.0. The summed E-state index contributed by atoms with van der Waals surface area (Å²) in [5.74, 6) is 0.531. The minimum Gasteiger partial charge on any atom is -0.493 e. The van der Waals surface area contributed by atoms with Gasteiger partial charge in [-0.1, -0.05) is 35.9 Å². The van der Waals surface area contributed by atoms with Gasteiger partial charge in [-0.3, -0.25) is 0 Å². The Bertz CT molecular complexity index is 987. The van der Waals surface area contributed by atoms with Crippen LogP contribution >= 0.6 is 11.6 Å². The highest BCUT2D eigenvalue weighted by atomic mass is 35.5. The summed E-state index contributed by atoms with van der Waals surface area (Å²) < 4.78 is 15.9. The van der Waals surface area contributed by atoms with E-state index in [9.17, 15) is 4.79 Å². The van der Waals surface area contributed by atoms with Crippen LogP contribution < -0.4 is 9.47 Å². The zero-order valence-electron chi connectivity index (χ0n) is 15.4. The number of carbonyl (C=O) groups is 1. The molecule has 0 unspecified atom stereocenters. The van der Waals surface area contributed by atoms with Gasteiger partial charge >= 0.3 is 5.97 Å². The topological polar surface area (TPSA) is 57.7 Å². The second-order valence-corrected chi connectivity index (χ2v) is 6.48. The van der Waals surface area contributed by atoms with Crippen molar-refractivity contribution in [1.29, 1.82) is 0 Å². The predicted octanol–water partition coefficient (Wildman–Crippen LogP) is 4.64.